The van der Waals surface area contributed by atoms with E-state index in [2.05, 4.69) is 5.10 Å². The number of ether oxygens (including phenoxy) is 1. The molecule has 1 aromatic carbocycles. The smallest absolute Gasteiger partial charge is 0.340 e. The Kier molecular flexibility index (Phi) is 6.14. The normalized spacial score (nSPS) is 21.7. The van der Waals surface area contributed by atoms with Crippen molar-refractivity contribution in [3.05, 3.63) is 89.8 Å². The van der Waals surface area contributed by atoms with Crippen LogP contribution in [-0.2, 0) is 14.3 Å². The summed E-state index contributed by atoms with van der Waals surface area (Å²) in [5.41, 5.74) is 2.22. The molecule has 3 unspecified atom stereocenters. The second-order valence-corrected chi connectivity index (χ2v) is 8.29. The molecule has 0 radical (unpaired) electrons. The van der Waals surface area contributed by atoms with Crippen LogP contribution in [-0.4, -0.2) is 34.3 Å². The molecule has 174 valence electrons. The van der Waals surface area contributed by atoms with Gasteiger partial charge in [0.25, 0.3) is 5.91 Å². The number of amides is 1. The highest BCUT2D eigenvalue weighted by Crippen LogP contribution is 2.44. The van der Waals surface area contributed by atoms with Crippen molar-refractivity contribution in [3.63, 3.8) is 0 Å². The standard InChI is InChI=1S/C26H24N2O6/c29-22(16-34-26(31)25(30)17-7-2-1-3-8-17)28-24(21-12-6-14-33-21)20-11-4-9-18(23(20)27-28)15-19-10-5-13-32-19/h1-3,5-8,10,12-15,20,24-25,30H,4,9,11,16H2. The van der Waals surface area contributed by atoms with Crippen molar-refractivity contribution in [3.8, 4) is 0 Å². The minimum Gasteiger partial charge on any atom is -0.467 e. The fourth-order valence-electron chi connectivity index (χ4n) is 4.54. The van der Waals surface area contributed by atoms with Crippen molar-refractivity contribution in [1.82, 2.24) is 5.01 Å². The van der Waals surface area contributed by atoms with E-state index >= 15 is 0 Å². The lowest BCUT2D eigenvalue weighted by Gasteiger charge is -2.27. The average Bonchev–Trinajstić information content (AvgIpc) is 3.63. The van der Waals surface area contributed by atoms with Gasteiger partial charge in [-0.1, -0.05) is 30.3 Å². The Hall–Kier alpha value is -3.91. The molecular weight excluding hydrogens is 436 g/mol. The van der Waals surface area contributed by atoms with E-state index in [1.54, 1.807) is 48.9 Å². The molecule has 3 heterocycles. The number of esters is 1. The molecule has 1 aliphatic heterocycles. The van der Waals surface area contributed by atoms with Gasteiger partial charge in [-0.3, -0.25) is 4.79 Å². The van der Waals surface area contributed by atoms with Crippen LogP contribution >= 0.6 is 0 Å². The largest absolute Gasteiger partial charge is 0.467 e. The van der Waals surface area contributed by atoms with Crippen molar-refractivity contribution < 1.29 is 28.3 Å². The molecule has 3 aromatic rings. The molecule has 8 heteroatoms. The first-order valence-corrected chi connectivity index (χ1v) is 11.2. The Labute approximate surface area is 196 Å². The van der Waals surface area contributed by atoms with Crippen LogP contribution in [0.2, 0.25) is 0 Å². The molecule has 5 rings (SSSR count). The number of aliphatic hydroxyl groups is 1. The lowest BCUT2D eigenvalue weighted by Crippen LogP contribution is -2.34. The second kappa shape index (κ2) is 9.52. The van der Waals surface area contributed by atoms with Crippen LogP contribution in [0.4, 0.5) is 0 Å². The first-order valence-electron chi connectivity index (χ1n) is 11.2. The van der Waals surface area contributed by atoms with Crippen LogP contribution in [0.5, 0.6) is 0 Å². The number of carbonyl (C=O) groups is 2. The van der Waals surface area contributed by atoms with Crippen LogP contribution in [0.1, 0.15) is 48.5 Å². The number of hydrogen-bond acceptors (Lipinski definition) is 7. The Morgan fingerprint density at radius 3 is 2.65 bits per heavy atom. The second-order valence-electron chi connectivity index (χ2n) is 8.29. The maximum atomic E-state index is 13.2. The summed E-state index contributed by atoms with van der Waals surface area (Å²) < 4.78 is 16.3. The number of allylic oxidation sites excluding steroid dienone is 1. The van der Waals surface area contributed by atoms with E-state index in [9.17, 15) is 14.7 Å². The maximum absolute atomic E-state index is 13.2. The van der Waals surface area contributed by atoms with Gasteiger partial charge in [-0.25, -0.2) is 9.80 Å². The van der Waals surface area contributed by atoms with E-state index < -0.39 is 30.6 Å². The van der Waals surface area contributed by atoms with Gasteiger partial charge in [0.2, 0.25) is 0 Å². The zero-order chi connectivity index (χ0) is 23.5. The van der Waals surface area contributed by atoms with E-state index in [0.717, 1.165) is 36.3 Å². The zero-order valence-corrected chi connectivity index (χ0v) is 18.4. The van der Waals surface area contributed by atoms with E-state index in [4.69, 9.17) is 13.6 Å². The molecule has 1 saturated carbocycles. The maximum Gasteiger partial charge on any atom is 0.340 e. The number of aliphatic hydroxyl groups excluding tert-OH is 1. The average molecular weight is 460 g/mol. The molecule has 0 bridgehead atoms. The highest BCUT2D eigenvalue weighted by Gasteiger charge is 2.45. The van der Waals surface area contributed by atoms with Gasteiger partial charge in [0.05, 0.1) is 18.2 Å². The molecule has 34 heavy (non-hydrogen) atoms. The lowest BCUT2D eigenvalue weighted by molar-refractivity contribution is -0.160. The van der Waals surface area contributed by atoms with Gasteiger partial charge in [-0.05, 0) is 60.7 Å². The van der Waals surface area contributed by atoms with Gasteiger partial charge >= 0.3 is 5.97 Å². The first-order chi connectivity index (χ1) is 16.6. The monoisotopic (exact) mass is 460 g/mol. The van der Waals surface area contributed by atoms with Crippen molar-refractivity contribution in [2.45, 2.75) is 31.4 Å². The zero-order valence-electron chi connectivity index (χ0n) is 18.4. The fourth-order valence-corrected chi connectivity index (χ4v) is 4.54. The van der Waals surface area contributed by atoms with Crippen LogP contribution in [0, 0.1) is 5.92 Å². The van der Waals surface area contributed by atoms with E-state index in [0.29, 0.717) is 11.3 Å². The van der Waals surface area contributed by atoms with Crippen molar-refractivity contribution in [2.24, 2.45) is 11.0 Å². The number of fused-ring (bicyclic) bond motifs is 1. The summed E-state index contributed by atoms with van der Waals surface area (Å²) in [5, 5.41) is 16.3. The predicted octanol–water partition coefficient (Wildman–Crippen LogP) is 4.27. The predicted molar refractivity (Wildman–Crippen MR) is 122 cm³/mol. The molecule has 8 nitrogen and oxygen atoms in total. The molecule has 1 amide bonds. The molecule has 0 saturated heterocycles. The number of nitrogens with zero attached hydrogens (tertiary/aromatic N) is 2. The van der Waals surface area contributed by atoms with Gasteiger partial charge in [0.1, 0.15) is 17.6 Å². The van der Waals surface area contributed by atoms with Crippen molar-refractivity contribution in [2.75, 3.05) is 6.61 Å². The highest BCUT2D eigenvalue weighted by molar-refractivity contribution is 6.08. The van der Waals surface area contributed by atoms with Gasteiger partial charge in [0.15, 0.2) is 12.7 Å². The molecule has 1 N–H and O–H groups in total. The number of benzene rings is 1. The minimum absolute atomic E-state index is 0.0457. The van der Waals surface area contributed by atoms with E-state index in [1.807, 2.05) is 24.3 Å². The summed E-state index contributed by atoms with van der Waals surface area (Å²) in [6.45, 7) is -0.541. The molecule has 3 atom stereocenters. The molecule has 2 aliphatic rings. The van der Waals surface area contributed by atoms with Gasteiger partial charge in [-0.15, -0.1) is 0 Å². The SMILES string of the molecule is O=C(OCC(=O)N1N=C2C(=Cc3ccco3)CCCC2C1c1ccco1)C(O)c1ccccc1. The highest BCUT2D eigenvalue weighted by atomic mass is 16.5. The third-order valence-corrected chi connectivity index (χ3v) is 6.13. The van der Waals surface area contributed by atoms with Crippen LogP contribution in [0.25, 0.3) is 6.08 Å². The lowest BCUT2D eigenvalue weighted by atomic mass is 9.79. The summed E-state index contributed by atoms with van der Waals surface area (Å²) in [7, 11) is 0. The van der Waals surface area contributed by atoms with Crippen LogP contribution in [0.3, 0.4) is 0 Å². The molecule has 2 aromatic heterocycles. The van der Waals surface area contributed by atoms with Gasteiger partial charge < -0.3 is 18.7 Å². The summed E-state index contributed by atoms with van der Waals surface area (Å²) in [6, 6.07) is 15.3. The number of rotatable bonds is 6. The number of hydrazone groups is 1. The number of hydrogen-bond donors (Lipinski definition) is 1. The summed E-state index contributed by atoms with van der Waals surface area (Å²) in [6.07, 6.45) is 6.27. The fraction of sp³-hybridized carbons (Fsp3) is 0.269. The number of carbonyl (C=O) groups excluding carboxylic acids is 2. The Morgan fingerprint density at radius 2 is 1.91 bits per heavy atom. The Bertz CT molecular complexity index is 1200. The third kappa shape index (κ3) is 4.32. The molecule has 1 fully saturated rings. The quantitative estimate of drug-likeness (QED) is 0.551. The van der Waals surface area contributed by atoms with Crippen molar-refractivity contribution >= 4 is 23.7 Å². The topological polar surface area (TPSA) is 105 Å². The van der Waals surface area contributed by atoms with Gasteiger partial charge in [-0.2, -0.15) is 5.10 Å². The van der Waals surface area contributed by atoms with E-state index in [1.165, 1.54) is 5.01 Å². The van der Waals surface area contributed by atoms with E-state index in [-0.39, 0.29) is 5.92 Å². The summed E-state index contributed by atoms with van der Waals surface area (Å²) in [5.74, 6) is -0.0878. The summed E-state index contributed by atoms with van der Waals surface area (Å²) >= 11 is 0. The minimum atomic E-state index is -1.47. The van der Waals surface area contributed by atoms with Crippen LogP contribution < -0.4 is 0 Å². The summed E-state index contributed by atoms with van der Waals surface area (Å²) in [4.78, 5) is 25.5. The molecule has 0 spiro atoms. The number of furan rings is 2. The molecule has 1 aliphatic carbocycles. The van der Waals surface area contributed by atoms with Gasteiger partial charge in [0, 0.05) is 5.92 Å². The first kappa shape index (κ1) is 21.9. The Morgan fingerprint density at radius 1 is 1.12 bits per heavy atom. The van der Waals surface area contributed by atoms with Crippen molar-refractivity contribution in [1.29, 1.82) is 0 Å². The third-order valence-electron chi connectivity index (χ3n) is 6.13. The van der Waals surface area contributed by atoms with Crippen LogP contribution in [0.15, 0.2) is 86.6 Å². The Balaban J connectivity index is 1.36. The molecular formula is C26H24N2O6.